The van der Waals surface area contributed by atoms with Crippen LogP contribution in [0.25, 0.3) is 0 Å². The standard InChI is InChI=1S/C17H24N4O5S/c1-18-9-11-19(12-10-18)17(22)14-3-2-8-20(13-14)27(25,26)16-6-4-15(5-7-16)21(23)24/h4-7,14H,2-3,8-13H2,1H3. The number of rotatable bonds is 4. The Balaban J connectivity index is 1.71. The molecular formula is C17H24N4O5S. The van der Waals surface area contributed by atoms with Crippen LogP contribution in [0.4, 0.5) is 5.69 Å². The molecule has 0 bridgehead atoms. The third-order valence-electron chi connectivity index (χ3n) is 5.23. The third kappa shape index (κ3) is 4.28. The van der Waals surface area contributed by atoms with Crippen molar-refractivity contribution in [3.05, 3.63) is 34.4 Å². The second-order valence-electron chi connectivity index (χ2n) is 7.08. The van der Waals surface area contributed by atoms with Crippen molar-refractivity contribution in [2.24, 2.45) is 5.92 Å². The van der Waals surface area contributed by atoms with Crippen LogP contribution in [0.3, 0.4) is 0 Å². The van der Waals surface area contributed by atoms with Crippen LogP contribution in [-0.4, -0.2) is 79.7 Å². The number of amides is 1. The summed E-state index contributed by atoms with van der Waals surface area (Å²) in [6, 6.07) is 4.87. The highest BCUT2D eigenvalue weighted by atomic mass is 32.2. The molecule has 27 heavy (non-hydrogen) atoms. The monoisotopic (exact) mass is 396 g/mol. The number of hydrogen-bond donors (Lipinski definition) is 0. The van der Waals surface area contributed by atoms with Crippen molar-refractivity contribution in [2.75, 3.05) is 46.3 Å². The molecule has 0 spiro atoms. The third-order valence-corrected chi connectivity index (χ3v) is 7.11. The van der Waals surface area contributed by atoms with E-state index in [1.165, 1.54) is 28.6 Å². The molecule has 148 valence electrons. The predicted octanol–water partition coefficient (Wildman–Crippen LogP) is 0.770. The Morgan fingerprint density at radius 1 is 1.11 bits per heavy atom. The summed E-state index contributed by atoms with van der Waals surface area (Å²) in [7, 11) is -1.76. The second kappa shape index (κ2) is 7.91. The van der Waals surface area contributed by atoms with Gasteiger partial charge in [-0.05, 0) is 32.0 Å². The maximum atomic E-state index is 12.9. The molecule has 2 heterocycles. The van der Waals surface area contributed by atoms with E-state index in [1.807, 2.05) is 11.9 Å². The van der Waals surface area contributed by atoms with Gasteiger partial charge in [-0.2, -0.15) is 4.31 Å². The van der Waals surface area contributed by atoms with Gasteiger partial charge in [0, 0.05) is 51.4 Å². The minimum Gasteiger partial charge on any atom is -0.340 e. The van der Waals surface area contributed by atoms with Gasteiger partial charge in [0.2, 0.25) is 15.9 Å². The molecule has 1 aromatic carbocycles. The number of nitro benzene ring substituents is 1. The molecule has 0 radical (unpaired) electrons. The largest absolute Gasteiger partial charge is 0.340 e. The van der Waals surface area contributed by atoms with E-state index in [0.717, 1.165) is 13.1 Å². The van der Waals surface area contributed by atoms with Crippen molar-refractivity contribution in [1.29, 1.82) is 0 Å². The summed E-state index contributed by atoms with van der Waals surface area (Å²) in [6.45, 7) is 3.49. The van der Waals surface area contributed by atoms with Crippen LogP contribution >= 0.6 is 0 Å². The minimum atomic E-state index is -3.78. The lowest BCUT2D eigenvalue weighted by Crippen LogP contribution is -2.52. The molecule has 3 rings (SSSR count). The van der Waals surface area contributed by atoms with Gasteiger partial charge in [-0.3, -0.25) is 14.9 Å². The topological polar surface area (TPSA) is 104 Å². The number of likely N-dealkylation sites (N-methyl/N-ethyl adjacent to an activating group) is 1. The molecule has 10 heteroatoms. The smallest absolute Gasteiger partial charge is 0.269 e. The molecule has 1 atom stereocenters. The van der Waals surface area contributed by atoms with Gasteiger partial charge in [-0.1, -0.05) is 0 Å². The summed E-state index contributed by atoms with van der Waals surface area (Å²) in [6.07, 6.45) is 1.30. The summed E-state index contributed by atoms with van der Waals surface area (Å²) >= 11 is 0. The van der Waals surface area contributed by atoms with Crippen molar-refractivity contribution < 1.29 is 18.1 Å². The number of sulfonamides is 1. The SMILES string of the molecule is CN1CCN(C(=O)C2CCCN(S(=O)(=O)c3ccc([N+](=O)[O-])cc3)C2)CC1. The second-order valence-corrected chi connectivity index (χ2v) is 9.02. The van der Waals surface area contributed by atoms with Crippen LogP contribution < -0.4 is 0 Å². The van der Waals surface area contributed by atoms with Crippen LogP contribution in [0.1, 0.15) is 12.8 Å². The van der Waals surface area contributed by atoms with Gasteiger partial charge in [0.15, 0.2) is 0 Å². The summed E-state index contributed by atoms with van der Waals surface area (Å²) in [5, 5.41) is 10.8. The summed E-state index contributed by atoms with van der Waals surface area (Å²) in [5.74, 6) is -0.318. The molecular weight excluding hydrogens is 372 g/mol. The van der Waals surface area contributed by atoms with E-state index in [-0.39, 0.29) is 29.0 Å². The highest BCUT2D eigenvalue weighted by Crippen LogP contribution is 2.26. The lowest BCUT2D eigenvalue weighted by Gasteiger charge is -2.37. The van der Waals surface area contributed by atoms with Crippen molar-refractivity contribution >= 4 is 21.6 Å². The Morgan fingerprint density at radius 2 is 1.74 bits per heavy atom. The normalized spacial score (nSPS) is 22.6. The van der Waals surface area contributed by atoms with Gasteiger partial charge in [0.1, 0.15) is 0 Å². The summed E-state index contributed by atoms with van der Waals surface area (Å²) in [5.41, 5.74) is -0.157. The number of non-ortho nitro benzene ring substituents is 1. The quantitative estimate of drug-likeness (QED) is 0.550. The van der Waals surface area contributed by atoms with E-state index >= 15 is 0 Å². The summed E-state index contributed by atoms with van der Waals surface area (Å²) in [4.78, 5) is 27.0. The van der Waals surface area contributed by atoms with E-state index in [4.69, 9.17) is 0 Å². The average Bonchev–Trinajstić information content (AvgIpc) is 2.68. The molecule has 0 aliphatic carbocycles. The molecule has 2 aliphatic rings. The van der Waals surface area contributed by atoms with Gasteiger partial charge in [0.05, 0.1) is 15.7 Å². The van der Waals surface area contributed by atoms with Gasteiger partial charge >= 0.3 is 0 Å². The van der Waals surface area contributed by atoms with E-state index in [1.54, 1.807) is 0 Å². The average molecular weight is 396 g/mol. The molecule has 0 saturated carbocycles. The van der Waals surface area contributed by atoms with Gasteiger partial charge < -0.3 is 9.80 Å². The van der Waals surface area contributed by atoms with Crippen molar-refractivity contribution in [2.45, 2.75) is 17.7 Å². The zero-order valence-electron chi connectivity index (χ0n) is 15.3. The van der Waals surface area contributed by atoms with E-state index in [2.05, 4.69) is 4.90 Å². The Bertz CT molecular complexity index is 803. The zero-order chi connectivity index (χ0) is 19.6. The zero-order valence-corrected chi connectivity index (χ0v) is 16.1. The first-order valence-corrected chi connectivity index (χ1v) is 10.4. The van der Waals surface area contributed by atoms with Crippen LogP contribution in [0.2, 0.25) is 0 Å². The lowest BCUT2D eigenvalue weighted by atomic mass is 9.98. The highest BCUT2D eigenvalue weighted by molar-refractivity contribution is 7.89. The Morgan fingerprint density at radius 3 is 2.33 bits per heavy atom. The fourth-order valence-electron chi connectivity index (χ4n) is 3.54. The van der Waals surface area contributed by atoms with Crippen LogP contribution in [0.5, 0.6) is 0 Å². The number of hydrogen-bond acceptors (Lipinski definition) is 6. The fraction of sp³-hybridized carbons (Fsp3) is 0.588. The molecule has 1 aromatic rings. The van der Waals surface area contributed by atoms with E-state index < -0.39 is 14.9 Å². The van der Waals surface area contributed by atoms with Crippen molar-refractivity contribution in [3.8, 4) is 0 Å². The van der Waals surface area contributed by atoms with Crippen LogP contribution in [0, 0.1) is 16.0 Å². The molecule has 2 saturated heterocycles. The van der Waals surface area contributed by atoms with Crippen molar-refractivity contribution in [3.63, 3.8) is 0 Å². The van der Waals surface area contributed by atoms with Gasteiger partial charge in [0.25, 0.3) is 5.69 Å². The number of piperidine rings is 1. The minimum absolute atomic E-state index is 0.0146. The fourth-order valence-corrected chi connectivity index (χ4v) is 5.06. The number of piperazine rings is 1. The molecule has 0 N–H and O–H groups in total. The molecule has 9 nitrogen and oxygen atoms in total. The number of nitro groups is 1. The summed E-state index contributed by atoms with van der Waals surface area (Å²) < 4.78 is 27.1. The number of carbonyl (C=O) groups is 1. The Labute approximate surface area is 158 Å². The van der Waals surface area contributed by atoms with Crippen molar-refractivity contribution in [1.82, 2.24) is 14.1 Å². The first-order valence-electron chi connectivity index (χ1n) is 9.01. The van der Waals surface area contributed by atoms with E-state index in [9.17, 15) is 23.3 Å². The lowest BCUT2D eigenvalue weighted by molar-refractivity contribution is -0.384. The number of benzene rings is 1. The van der Waals surface area contributed by atoms with Gasteiger partial charge in [-0.25, -0.2) is 8.42 Å². The van der Waals surface area contributed by atoms with Gasteiger partial charge in [-0.15, -0.1) is 0 Å². The molecule has 2 fully saturated rings. The van der Waals surface area contributed by atoms with Crippen LogP contribution in [-0.2, 0) is 14.8 Å². The maximum Gasteiger partial charge on any atom is 0.269 e. The molecule has 0 aromatic heterocycles. The van der Waals surface area contributed by atoms with Crippen LogP contribution in [0.15, 0.2) is 29.2 Å². The van der Waals surface area contributed by atoms with E-state index in [0.29, 0.717) is 32.5 Å². The maximum absolute atomic E-state index is 12.9. The first kappa shape index (κ1) is 19.7. The Kier molecular flexibility index (Phi) is 5.78. The molecule has 1 amide bonds. The highest BCUT2D eigenvalue weighted by Gasteiger charge is 2.35. The number of nitrogens with zero attached hydrogens (tertiary/aromatic N) is 4. The first-order chi connectivity index (χ1) is 12.8. The number of carbonyl (C=O) groups excluding carboxylic acids is 1. The predicted molar refractivity (Wildman–Crippen MR) is 98.7 cm³/mol. The Hall–Kier alpha value is -2.04. The molecule has 1 unspecified atom stereocenters. The molecule has 2 aliphatic heterocycles.